The van der Waals surface area contributed by atoms with Gasteiger partial charge in [-0.05, 0) is 67.4 Å². The monoisotopic (exact) mass is 421 g/mol. The lowest BCUT2D eigenvalue weighted by Crippen LogP contribution is -2.17. The number of hydrogen-bond acceptors (Lipinski definition) is 5. The minimum absolute atomic E-state index is 0.0364. The second kappa shape index (κ2) is 10.0. The molecule has 1 heterocycles. The molecule has 154 valence electrons. The number of hydrogen-bond donors (Lipinski definition) is 2. The zero-order valence-electron chi connectivity index (χ0n) is 17.1. The molecule has 0 bridgehead atoms. The van der Waals surface area contributed by atoms with Gasteiger partial charge in [-0.3, -0.25) is 9.59 Å². The number of nitrogens with zero attached hydrogens (tertiary/aromatic N) is 1. The third kappa shape index (κ3) is 5.68. The van der Waals surface area contributed by atoms with Crippen molar-refractivity contribution in [3.63, 3.8) is 0 Å². The quantitative estimate of drug-likeness (QED) is 0.579. The van der Waals surface area contributed by atoms with E-state index in [2.05, 4.69) is 41.6 Å². The smallest absolute Gasteiger partial charge is 0.258 e. The topological polar surface area (TPSA) is 80.3 Å². The van der Waals surface area contributed by atoms with Crippen LogP contribution in [0.3, 0.4) is 0 Å². The molecule has 0 saturated heterocycles. The van der Waals surface area contributed by atoms with Gasteiger partial charge in [0, 0.05) is 29.6 Å². The Morgan fingerprint density at radius 2 is 1.73 bits per heavy atom. The Kier molecular flexibility index (Phi) is 7.21. The number of amides is 2. The number of aromatic nitrogens is 1. The molecule has 3 aromatic rings. The molecular weight excluding hydrogens is 398 g/mol. The molecule has 2 aromatic carbocycles. The number of benzene rings is 2. The Labute approximate surface area is 180 Å². The van der Waals surface area contributed by atoms with E-state index in [1.807, 2.05) is 6.07 Å². The number of nitrogens with one attached hydrogen (secondary N) is 2. The first-order valence-electron chi connectivity index (χ1n) is 9.36. The maximum absolute atomic E-state index is 12.9. The van der Waals surface area contributed by atoms with Gasteiger partial charge in [0.2, 0.25) is 5.91 Å². The van der Waals surface area contributed by atoms with E-state index in [0.717, 1.165) is 4.90 Å². The molecule has 0 radical (unpaired) electrons. The van der Waals surface area contributed by atoms with Crippen molar-refractivity contribution in [2.24, 2.45) is 0 Å². The lowest BCUT2D eigenvalue weighted by atomic mass is 10.1. The molecule has 2 N–H and O–H groups in total. The van der Waals surface area contributed by atoms with Gasteiger partial charge in [0.15, 0.2) is 0 Å². The van der Waals surface area contributed by atoms with E-state index in [-0.39, 0.29) is 18.4 Å². The molecule has 0 spiro atoms. The standard InChI is InChI=1S/C23H23N3O3S/c1-15-9-10-19(12-16(15)2)30-23-20(8-5-11-24-23)22(28)26-18-7-4-6-17(13-18)25-21(27)14-29-3/h4-13H,14H2,1-3H3,(H,25,27)(H,26,28). The number of rotatable bonds is 7. The fourth-order valence-electron chi connectivity index (χ4n) is 2.74. The summed E-state index contributed by atoms with van der Waals surface area (Å²) in [6, 6.07) is 16.6. The molecule has 1 aromatic heterocycles. The molecule has 0 aliphatic heterocycles. The fourth-order valence-corrected chi connectivity index (χ4v) is 3.71. The molecule has 0 saturated carbocycles. The van der Waals surface area contributed by atoms with Crippen molar-refractivity contribution in [3.05, 3.63) is 77.5 Å². The van der Waals surface area contributed by atoms with Gasteiger partial charge >= 0.3 is 0 Å². The summed E-state index contributed by atoms with van der Waals surface area (Å²) in [7, 11) is 1.46. The van der Waals surface area contributed by atoms with E-state index in [4.69, 9.17) is 4.74 Å². The van der Waals surface area contributed by atoms with Crippen molar-refractivity contribution in [2.75, 3.05) is 24.4 Å². The summed E-state index contributed by atoms with van der Waals surface area (Å²) in [5.74, 6) is -0.532. The van der Waals surface area contributed by atoms with Crippen molar-refractivity contribution in [1.29, 1.82) is 0 Å². The maximum Gasteiger partial charge on any atom is 0.258 e. The van der Waals surface area contributed by atoms with E-state index in [1.54, 1.807) is 42.6 Å². The van der Waals surface area contributed by atoms with Crippen LogP contribution in [-0.2, 0) is 9.53 Å². The van der Waals surface area contributed by atoms with Crippen molar-refractivity contribution >= 4 is 35.0 Å². The second-order valence-electron chi connectivity index (χ2n) is 6.72. The minimum atomic E-state index is -0.269. The molecule has 0 aliphatic rings. The highest BCUT2D eigenvalue weighted by Crippen LogP contribution is 2.30. The molecule has 3 rings (SSSR count). The first-order valence-corrected chi connectivity index (χ1v) is 10.2. The highest BCUT2D eigenvalue weighted by molar-refractivity contribution is 7.99. The van der Waals surface area contributed by atoms with Gasteiger partial charge in [-0.15, -0.1) is 0 Å². The number of anilines is 2. The van der Waals surface area contributed by atoms with Gasteiger partial charge in [0.1, 0.15) is 11.6 Å². The SMILES string of the molecule is COCC(=O)Nc1cccc(NC(=O)c2cccnc2Sc2ccc(C)c(C)c2)c1. The zero-order valence-corrected chi connectivity index (χ0v) is 17.9. The van der Waals surface area contributed by atoms with Crippen LogP contribution in [0.15, 0.2) is 70.7 Å². The summed E-state index contributed by atoms with van der Waals surface area (Å²) >= 11 is 1.45. The van der Waals surface area contributed by atoms with Crippen LogP contribution in [0.25, 0.3) is 0 Å². The Balaban J connectivity index is 1.76. The summed E-state index contributed by atoms with van der Waals surface area (Å²) in [6.07, 6.45) is 1.67. The van der Waals surface area contributed by atoms with Crippen molar-refractivity contribution < 1.29 is 14.3 Å². The third-order valence-corrected chi connectivity index (χ3v) is 5.40. The van der Waals surface area contributed by atoms with Crippen LogP contribution in [0.1, 0.15) is 21.5 Å². The minimum Gasteiger partial charge on any atom is -0.375 e. The normalized spacial score (nSPS) is 10.5. The maximum atomic E-state index is 12.9. The molecular formula is C23H23N3O3S. The number of carbonyl (C=O) groups excluding carboxylic acids is 2. The van der Waals surface area contributed by atoms with E-state index in [1.165, 1.54) is 30.0 Å². The van der Waals surface area contributed by atoms with E-state index >= 15 is 0 Å². The molecule has 0 unspecified atom stereocenters. The lowest BCUT2D eigenvalue weighted by Gasteiger charge is -2.11. The molecule has 2 amide bonds. The Morgan fingerprint density at radius 3 is 2.47 bits per heavy atom. The van der Waals surface area contributed by atoms with E-state index in [0.29, 0.717) is 22.0 Å². The first kappa shape index (κ1) is 21.5. The average Bonchev–Trinajstić information content (AvgIpc) is 2.71. The van der Waals surface area contributed by atoms with Crippen LogP contribution in [-0.4, -0.2) is 30.5 Å². The van der Waals surface area contributed by atoms with Gasteiger partial charge in [0.25, 0.3) is 5.91 Å². The summed E-state index contributed by atoms with van der Waals surface area (Å²) in [6.45, 7) is 4.09. The fraction of sp³-hybridized carbons (Fsp3) is 0.174. The Hall–Kier alpha value is -3.16. The van der Waals surface area contributed by atoms with Crippen LogP contribution in [0.4, 0.5) is 11.4 Å². The molecule has 0 aliphatic carbocycles. The Bertz CT molecular complexity index is 1070. The largest absolute Gasteiger partial charge is 0.375 e. The van der Waals surface area contributed by atoms with Crippen LogP contribution >= 0.6 is 11.8 Å². The van der Waals surface area contributed by atoms with E-state index in [9.17, 15) is 9.59 Å². The lowest BCUT2D eigenvalue weighted by molar-refractivity contribution is -0.119. The van der Waals surface area contributed by atoms with Crippen molar-refractivity contribution in [3.8, 4) is 0 Å². The number of methoxy groups -OCH3 is 1. The molecule has 7 heteroatoms. The van der Waals surface area contributed by atoms with Crippen molar-refractivity contribution in [2.45, 2.75) is 23.8 Å². The predicted octanol–water partition coefficient (Wildman–Crippen LogP) is 4.69. The van der Waals surface area contributed by atoms with Gasteiger partial charge < -0.3 is 15.4 Å². The highest BCUT2D eigenvalue weighted by Gasteiger charge is 2.14. The van der Waals surface area contributed by atoms with Crippen LogP contribution < -0.4 is 10.6 Å². The predicted molar refractivity (Wildman–Crippen MR) is 119 cm³/mol. The highest BCUT2D eigenvalue weighted by atomic mass is 32.2. The number of pyridine rings is 1. The van der Waals surface area contributed by atoms with Crippen LogP contribution in [0.5, 0.6) is 0 Å². The summed E-state index contributed by atoms with van der Waals surface area (Å²) in [4.78, 5) is 30.0. The molecule has 6 nitrogen and oxygen atoms in total. The summed E-state index contributed by atoms with van der Waals surface area (Å²) in [5.41, 5.74) is 4.03. The van der Waals surface area contributed by atoms with Crippen LogP contribution in [0, 0.1) is 13.8 Å². The third-order valence-electron chi connectivity index (χ3n) is 4.39. The average molecular weight is 422 g/mol. The number of ether oxygens (including phenoxy) is 1. The second-order valence-corrected chi connectivity index (χ2v) is 7.78. The van der Waals surface area contributed by atoms with Crippen molar-refractivity contribution in [1.82, 2.24) is 4.98 Å². The van der Waals surface area contributed by atoms with Crippen LogP contribution in [0.2, 0.25) is 0 Å². The summed E-state index contributed by atoms with van der Waals surface area (Å²) < 4.78 is 4.81. The number of aryl methyl sites for hydroxylation is 2. The summed E-state index contributed by atoms with van der Waals surface area (Å²) in [5, 5.41) is 6.22. The van der Waals surface area contributed by atoms with E-state index < -0.39 is 0 Å². The molecule has 0 atom stereocenters. The first-order chi connectivity index (χ1) is 14.5. The molecule has 30 heavy (non-hydrogen) atoms. The Morgan fingerprint density at radius 1 is 0.967 bits per heavy atom. The number of carbonyl (C=O) groups is 2. The van der Waals surface area contributed by atoms with Gasteiger partial charge in [-0.2, -0.15) is 0 Å². The van der Waals surface area contributed by atoms with Gasteiger partial charge in [-0.1, -0.05) is 23.9 Å². The molecule has 0 fully saturated rings. The zero-order chi connectivity index (χ0) is 21.5. The van der Waals surface area contributed by atoms with Gasteiger partial charge in [-0.25, -0.2) is 4.98 Å². The van der Waals surface area contributed by atoms with Gasteiger partial charge in [0.05, 0.1) is 5.56 Å².